The summed E-state index contributed by atoms with van der Waals surface area (Å²) >= 11 is 11.8. The van der Waals surface area contributed by atoms with E-state index in [0.29, 0.717) is 16.1 Å². The summed E-state index contributed by atoms with van der Waals surface area (Å²) in [6.07, 6.45) is 1.02. The predicted molar refractivity (Wildman–Crippen MR) is 66.8 cm³/mol. The first-order valence-electron chi connectivity index (χ1n) is 4.96. The zero-order chi connectivity index (χ0) is 11.3. The van der Waals surface area contributed by atoms with Crippen molar-refractivity contribution in [2.24, 2.45) is 0 Å². The van der Waals surface area contributed by atoms with Gasteiger partial charge in [-0.3, -0.25) is 0 Å². The first kappa shape index (κ1) is 12.8. The van der Waals surface area contributed by atoms with Gasteiger partial charge >= 0.3 is 0 Å². The molecular formula is C11H16Cl2N2. The molecule has 1 aromatic rings. The van der Waals surface area contributed by atoms with Gasteiger partial charge in [-0.25, -0.2) is 0 Å². The van der Waals surface area contributed by atoms with Crippen LogP contribution in [0.3, 0.4) is 0 Å². The second-order valence-corrected chi connectivity index (χ2v) is 4.22. The first-order valence-corrected chi connectivity index (χ1v) is 5.71. The van der Waals surface area contributed by atoms with Crippen LogP contribution >= 0.6 is 23.2 Å². The molecule has 0 aliphatic carbocycles. The van der Waals surface area contributed by atoms with Crippen LogP contribution in [0.2, 0.25) is 10.0 Å². The van der Waals surface area contributed by atoms with Gasteiger partial charge in [-0.05, 0) is 44.8 Å². The molecule has 0 spiro atoms. The lowest BCUT2D eigenvalue weighted by Crippen LogP contribution is -2.21. The van der Waals surface area contributed by atoms with Crippen molar-refractivity contribution >= 4 is 23.2 Å². The molecule has 84 valence electrons. The van der Waals surface area contributed by atoms with Crippen molar-refractivity contribution in [3.63, 3.8) is 0 Å². The predicted octanol–water partition coefficient (Wildman–Crippen LogP) is 2.86. The summed E-state index contributed by atoms with van der Waals surface area (Å²) < 4.78 is 0. The van der Waals surface area contributed by atoms with E-state index in [9.17, 15) is 0 Å². The van der Waals surface area contributed by atoms with Gasteiger partial charge in [0.15, 0.2) is 0 Å². The molecule has 1 unspecified atom stereocenters. The average Bonchev–Trinajstić information content (AvgIpc) is 2.24. The second-order valence-electron chi connectivity index (χ2n) is 3.41. The summed E-state index contributed by atoms with van der Waals surface area (Å²) in [5.74, 6) is 0. The molecule has 0 fully saturated rings. The SMILES string of the molecule is CNCCC(NC)c1ccc(Cl)c(Cl)c1. The van der Waals surface area contributed by atoms with Crippen LogP contribution in [0.1, 0.15) is 18.0 Å². The van der Waals surface area contributed by atoms with E-state index < -0.39 is 0 Å². The Morgan fingerprint density at radius 1 is 1.20 bits per heavy atom. The fourth-order valence-corrected chi connectivity index (χ4v) is 1.80. The first-order chi connectivity index (χ1) is 7.19. The van der Waals surface area contributed by atoms with Crippen molar-refractivity contribution < 1.29 is 0 Å². The molecule has 0 aliphatic heterocycles. The minimum Gasteiger partial charge on any atom is -0.320 e. The monoisotopic (exact) mass is 246 g/mol. The van der Waals surface area contributed by atoms with Gasteiger partial charge in [0.25, 0.3) is 0 Å². The van der Waals surface area contributed by atoms with Crippen molar-refractivity contribution in [1.29, 1.82) is 0 Å². The van der Waals surface area contributed by atoms with Crippen LogP contribution in [0, 0.1) is 0 Å². The van der Waals surface area contributed by atoms with Crippen molar-refractivity contribution in [3.05, 3.63) is 33.8 Å². The minimum absolute atomic E-state index is 0.312. The molecule has 1 aromatic carbocycles. The largest absolute Gasteiger partial charge is 0.320 e. The summed E-state index contributed by atoms with van der Waals surface area (Å²) in [5, 5.41) is 7.60. The molecule has 0 saturated heterocycles. The maximum atomic E-state index is 5.97. The standard InChI is InChI=1S/C11H16Cl2N2/c1-14-6-5-11(15-2)8-3-4-9(12)10(13)7-8/h3-4,7,11,14-15H,5-6H2,1-2H3. The van der Waals surface area contributed by atoms with Gasteiger partial charge in [0.2, 0.25) is 0 Å². The number of hydrogen-bond donors (Lipinski definition) is 2. The number of halogens is 2. The van der Waals surface area contributed by atoms with Gasteiger partial charge in [0.1, 0.15) is 0 Å². The molecule has 4 heteroatoms. The fraction of sp³-hybridized carbons (Fsp3) is 0.455. The summed E-state index contributed by atoms with van der Waals surface area (Å²) in [7, 11) is 3.89. The molecule has 0 aromatic heterocycles. The summed E-state index contributed by atoms with van der Waals surface area (Å²) in [6.45, 7) is 0.964. The molecule has 0 heterocycles. The van der Waals surface area contributed by atoms with E-state index in [0.717, 1.165) is 13.0 Å². The zero-order valence-corrected chi connectivity index (χ0v) is 10.5. The third-order valence-electron chi connectivity index (χ3n) is 2.38. The molecule has 0 aliphatic rings. The maximum absolute atomic E-state index is 5.97. The summed E-state index contributed by atoms with van der Waals surface area (Å²) in [6, 6.07) is 6.07. The van der Waals surface area contributed by atoms with Crippen LogP contribution in [0.4, 0.5) is 0 Å². The van der Waals surface area contributed by atoms with Crippen molar-refractivity contribution in [2.45, 2.75) is 12.5 Å². The van der Waals surface area contributed by atoms with Crippen LogP contribution in [-0.4, -0.2) is 20.6 Å². The zero-order valence-electron chi connectivity index (χ0n) is 8.98. The topological polar surface area (TPSA) is 24.1 Å². The molecule has 1 atom stereocenters. The molecule has 0 radical (unpaired) electrons. The van der Waals surface area contributed by atoms with Crippen LogP contribution in [0.5, 0.6) is 0 Å². The maximum Gasteiger partial charge on any atom is 0.0595 e. The lowest BCUT2D eigenvalue weighted by molar-refractivity contribution is 0.533. The number of benzene rings is 1. The summed E-state index contributed by atoms with van der Waals surface area (Å²) in [4.78, 5) is 0. The van der Waals surface area contributed by atoms with Gasteiger partial charge in [-0.2, -0.15) is 0 Å². The molecule has 15 heavy (non-hydrogen) atoms. The molecule has 0 bridgehead atoms. The smallest absolute Gasteiger partial charge is 0.0595 e. The second kappa shape index (κ2) is 6.33. The van der Waals surface area contributed by atoms with Crippen molar-refractivity contribution in [3.8, 4) is 0 Å². The van der Waals surface area contributed by atoms with E-state index >= 15 is 0 Å². The Morgan fingerprint density at radius 2 is 1.93 bits per heavy atom. The quantitative estimate of drug-likeness (QED) is 0.836. The minimum atomic E-state index is 0.312. The van der Waals surface area contributed by atoms with E-state index in [4.69, 9.17) is 23.2 Å². The van der Waals surface area contributed by atoms with E-state index in [2.05, 4.69) is 10.6 Å². The van der Waals surface area contributed by atoms with Gasteiger partial charge in [0.05, 0.1) is 10.0 Å². The van der Waals surface area contributed by atoms with Gasteiger partial charge in [0, 0.05) is 6.04 Å². The van der Waals surface area contributed by atoms with Gasteiger partial charge in [-0.15, -0.1) is 0 Å². The summed E-state index contributed by atoms with van der Waals surface area (Å²) in [5.41, 5.74) is 1.17. The van der Waals surface area contributed by atoms with Crippen LogP contribution in [-0.2, 0) is 0 Å². The Kier molecular flexibility index (Phi) is 5.40. The van der Waals surface area contributed by atoms with E-state index in [-0.39, 0.29) is 0 Å². The Morgan fingerprint density at radius 3 is 2.47 bits per heavy atom. The van der Waals surface area contributed by atoms with Crippen LogP contribution < -0.4 is 10.6 Å². The molecule has 2 N–H and O–H groups in total. The number of rotatable bonds is 5. The third kappa shape index (κ3) is 3.65. The van der Waals surface area contributed by atoms with Gasteiger partial charge in [-0.1, -0.05) is 29.3 Å². The molecule has 0 saturated carbocycles. The molecule has 2 nitrogen and oxygen atoms in total. The lowest BCUT2D eigenvalue weighted by atomic mass is 10.0. The lowest BCUT2D eigenvalue weighted by Gasteiger charge is -2.16. The normalized spacial score (nSPS) is 12.8. The third-order valence-corrected chi connectivity index (χ3v) is 3.12. The Balaban J connectivity index is 2.78. The Labute approximate surface area is 101 Å². The fourth-order valence-electron chi connectivity index (χ4n) is 1.50. The highest BCUT2D eigenvalue weighted by atomic mass is 35.5. The van der Waals surface area contributed by atoms with E-state index in [1.54, 1.807) is 0 Å². The van der Waals surface area contributed by atoms with Crippen molar-refractivity contribution in [1.82, 2.24) is 10.6 Å². The number of hydrogen-bond acceptors (Lipinski definition) is 2. The Bertz CT molecular complexity index is 315. The average molecular weight is 247 g/mol. The highest BCUT2D eigenvalue weighted by Crippen LogP contribution is 2.26. The molecular weight excluding hydrogens is 231 g/mol. The van der Waals surface area contributed by atoms with Gasteiger partial charge < -0.3 is 10.6 Å². The highest BCUT2D eigenvalue weighted by molar-refractivity contribution is 6.42. The van der Waals surface area contributed by atoms with Crippen molar-refractivity contribution in [2.75, 3.05) is 20.6 Å². The Hall–Kier alpha value is -0.280. The molecule has 1 rings (SSSR count). The van der Waals surface area contributed by atoms with Crippen LogP contribution in [0.15, 0.2) is 18.2 Å². The highest BCUT2D eigenvalue weighted by Gasteiger charge is 2.09. The van der Waals surface area contributed by atoms with E-state index in [1.807, 2.05) is 32.3 Å². The molecule has 0 amide bonds. The van der Waals surface area contributed by atoms with Crippen LogP contribution in [0.25, 0.3) is 0 Å². The van der Waals surface area contributed by atoms with E-state index in [1.165, 1.54) is 5.56 Å². The number of nitrogens with one attached hydrogen (secondary N) is 2.